The number of nitrogens with zero attached hydrogens (tertiary/aromatic N) is 1. The third kappa shape index (κ3) is 1.71. The molecule has 0 bridgehead atoms. The molecule has 0 aliphatic heterocycles. The summed E-state index contributed by atoms with van der Waals surface area (Å²) in [6, 6.07) is 7.75. The third-order valence-electron chi connectivity index (χ3n) is 3.19. The average Bonchev–Trinajstić information content (AvgIpc) is 2.93. The number of hydrogen-bond acceptors (Lipinski definition) is 2. The molecule has 0 saturated heterocycles. The Kier molecular flexibility index (Phi) is 2.40. The van der Waals surface area contributed by atoms with Gasteiger partial charge >= 0.3 is 0 Å². The normalized spacial score (nSPS) is 13.4. The lowest BCUT2D eigenvalue weighted by atomic mass is 10.1. The first-order valence-electron chi connectivity index (χ1n) is 5.75. The number of H-pyrrole nitrogens is 1. The molecule has 4 heteroatoms. The predicted molar refractivity (Wildman–Crippen MR) is 65.7 cm³/mol. The lowest BCUT2D eigenvalue weighted by molar-refractivity contribution is -0.105. The van der Waals surface area contributed by atoms with E-state index in [1.54, 1.807) is 0 Å². The fraction of sp³-hybridized carbons (Fsp3) is 0.231. The summed E-state index contributed by atoms with van der Waals surface area (Å²) in [7, 11) is 0. The molecule has 1 aliphatic carbocycles. The van der Waals surface area contributed by atoms with Crippen molar-refractivity contribution < 1.29 is 4.79 Å². The van der Waals surface area contributed by atoms with Crippen molar-refractivity contribution in [1.82, 2.24) is 10.2 Å². The number of carbonyl (C=O) groups is 1. The highest BCUT2D eigenvalue weighted by molar-refractivity contribution is 5.74. The van der Waals surface area contributed by atoms with Crippen LogP contribution in [0.4, 0.5) is 5.69 Å². The van der Waals surface area contributed by atoms with E-state index in [1.807, 2.05) is 24.3 Å². The number of anilines is 1. The lowest BCUT2D eigenvalue weighted by Gasteiger charge is -2.02. The van der Waals surface area contributed by atoms with Crippen molar-refractivity contribution in [3.8, 4) is 11.3 Å². The lowest BCUT2D eigenvalue weighted by Crippen LogP contribution is -1.93. The first kappa shape index (κ1) is 10.1. The molecule has 0 saturated carbocycles. The van der Waals surface area contributed by atoms with E-state index in [4.69, 9.17) is 0 Å². The van der Waals surface area contributed by atoms with Gasteiger partial charge in [0.05, 0.1) is 5.69 Å². The first-order chi connectivity index (χ1) is 8.38. The molecule has 4 nitrogen and oxygen atoms in total. The molecule has 1 aromatic heterocycles. The minimum absolute atomic E-state index is 0.682. The van der Waals surface area contributed by atoms with Gasteiger partial charge in [0.2, 0.25) is 6.41 Å². The molecular formula is C13H13N3O. The van der Waals surface area contributed by atoms with Gasteiger partial charge in [-0.05, 0) is 31.4 Å². The molecule has 2 aromatic rings. The number of aromatic nitrogens is 2. The van der Waals surface area contributed by atoms with Crippen LogP contribution < -0.4 is 5.32 Å². The molecule has 1 heterocycles. The molecule has 3 rings (SSSR count). The molecule has 86 valence electrons. The van der Waals surface area contributed by atoms with Gasteiger partial charge in [0.25, 0.3) is 0 Å². The van der Waals surface area contributed by atoms with Gasteiger partial charge in [-0.1, -0.05) is 12.1 Å². The Morgan fingerprint density at radius 2 is 2.06 bits per heavy atom. The van der Waals surface area contributed by atoms with Gasteiger partial charge in [-0.3, -0.25) is 9.89 Å². The Balaban J connectivity index is 1.95. The second-order valence-electron chi connectivity index (χ2n) is 4.22. The van der Waals surface area contributed by atoms with E-state index < -0.39 is 0 Å². The van der Waals surface area contributed by atoms with Gasteiger partial charge in [-0.2, -0.15) is 5.10 Å². The summed E-state index contributed by atoms with van der Waals surface area (Å²) in [5, 5.41) is 10.1. The molecular weight excluding hydrogens is 214 g/mol. The largest absolute Gasteiger partial charge is 0.329 e. The minimum atomic E-state index is 0.682. The molecule has 2 N–H and O–H groups in total. The summed E-state index contributed by atoms with van der Waals surface area (Å²) >= 11 is 0. The molecule has 1 amide bonds. The highest BCUT2D eigenvalue weighted by atomic mass is 16.1. The molecule has 17 heavy (non-hydrogen) atoms. The maximum atomic E-state index is 10.3. The topological polar surface area (TPSA) is 57.8 Å². The summed E-state index contributed by atoms with van der Waals surface area (Å²) in [5.74, 6) is 0. The van der Waals surface area contributed by atoms with Gasteiger partial charge in [-0.15, -0.1) is 0 Å². The number of nitrogens with one attached hydrogen (secondary N) is 2. The monoisotopic (exact) mass is 227 g/mol. The number of hydrogen-bond donors (Lipinski definition) is 2. The van der Waals surface area contributed by atoms with Gasteiger partial charge < -0.3 is 5.32 Å². The van der Waals surface area contributed by atoms with Crippen LogP contribution in [0, 0.1) is 0 Å². The van der Waals surface area contributed by atoms with E-state index in [0.717, 1.165) is 29.8 Å². The van der Waals surface area contributed by atoms with Crippen molar-refractivity contribution in [3.63, 3.8) is 0 Å². The zero-order valence-corrected chi connectivity index (χ0v) is 9.36. The summed E-state index contributed by atoms with van der Waals surface area (Å²) in [4.78, 5) is 10.3. The number of aryl methyl sites for hydroxylation is 1. The number of rotatable bonds is 3. The van der Waals surface area contributed by atoms with Crippen molar-refractivity contribution in [2.24, 2.45) is 0 Å². The zero-order chi connectivity index (χ0) is 11.7. The van der Waals surface area contributed by atoms with Crippen LogP contribution in [0.1, 0.15) is 17.7 Å². The molecule has 0 radical (unpaired) electrons. The maximum Gasteiger partial charge on any atom is 0.211 e. The number of aromatic amines is 1. The highest BCUT2D eigenvalue weighted by Gasteiger charge is 2.18. The van der Waals surface area contributed by atoms with Crippen LogP contribution in [0.5, 0.6) is 0 Å². The minimum Gasteiger partial charge on any atom is -0.329 e. The summed E-state index contributed by atoms with van der Waals surface area (Å²) in [6.07, 6.45) is 4.10. The molecule has 1 aliphatic rings. The Morgan fingerprint density at radius 1 is 1.24 bits per heavy atom. The van der Waals surface area contributed by atoms with Crippen LogP contribution in [-0.2, 0) is 17.6 Å². The van der Waals surface area contributed by atoms with E-state index in [0.29, 0.717) is 6.41 Å². The molecule has 1 aromatic carbocycles. The number of carbonyl (C=O) groups excluding carboxylic acids is 1. The number of benzene rings is 1. The van der Waals surface area contributed by atoms with Crippen LogP contribution in [0.3, 0.4) is 0 Å². The summed E-state index contributed by atoms with van der Waals surface area (Å²) in [5.41, 5.74) is 5.57. The highest BCUT2D eigenvalue weighted by Crippen LogP contribution is 2.30. The van der Waals surface area contributed by atoms with Crippen molar-refractivity contribution in [2.75, 3.05) is 5.32 Å². The van der Waals surface area contributed by atoms with Crippen LogP contribution in [-0.4, -0.2) is 16.6 Å². The van der Waals surface area contributed by atoms with Gasteiger partial charge in [0.1, 0.15) is 0 Å². The Bertz CT molecular complexity index is 542. The zero-order valence-electron chi connectivity index (χ0n) is 9.36. The number of fused-ring (bicyclic) bond motifs is 1. The second-order valence-corrected chi connectivity index (χ2v) is 4.22. The third-order valence-corrected chi connectivity index (χ3v) is 3.19. The van der Waals surface area contributed by atoms with E-state index in [9.17, 15) is 4.79 Å². The number of amides is 1. The first-order valence-corrected chi connectivity index (χ1v) is 5.75. The van der Waals surface area contributed by atoms with Crippen molar-refractivity contribution in [3.05, 3.63) is 35.5 Å². The Morgan fingerprint density at radius 3 is 2.82 bits per heavy atom. The molecule has 0 spiro atoms. The van der Waals surface area contributed by atoms with E-state index in [1.165, 1.54) is 17.7 Å². The van der Waals surface area contributed by atoms with Crippen LogP contribution in [0.2, 0.25) is 0 Å². The Hall–Kier alpha value is -2.10. The van der Waals surface area contributed by atoms with E-state index >= 15 is 0 Å². The summed E-state index contributed by atoms with van der Waals surface area (Å²) < 4.78 is 0. The molecule has 0 atom stereocenters. The van der Waals surface area contributed by atoms with Crippen LogP contribution in [0.15, 0.2) is 24.3 Å². The smallest absolute Gasteiger partial charge is 0.211 e. The standard InChI is InChI=1S/C13H13N3O/c17-8-14-10-6-4-9(5-7-10)13-11-2-1-3-12(11)15-16-13/h4-8H,1-3H2,(H,14,17)(H,15,16). The van der Waals surface area contributed by atoms with Crippen molar-refractivity contribution in [2.45, 2.75) is 19.3 Å². The van der Waals surface area contributed by atoms with E-state index in [-0.39, 0.29) is 0 Å². The van der Waals surface area contributed by atoms with Gasteiger partial charge in [0, 0.05) is 22.5 Å². The van der Waals surface area contributed by atoms with Crippen LogP contribution >= 0.6 is 0 Å². The Labute approximate surface area is 99.1 Å². The van der Waals surface area contributed by atoms with Crippen molar-refractivity contribution in [1.29, 1.82) is 0 Å². The fourth-order valence-electron chi connectivity index (χ4n) is 2.35. The maximum absolute atomic E-state index is 10.3. The SMILES string of the molecule is O=CNc1ccc(-c2n[nH]c3c2CCC3)cc1. The van der Waals surface area contributed by atoms with Crippen LogP contribution in [0.25, 0.3) is 11.3 Å². The van der Waals surface area contributed by atoms with Gasteiger partial charge in [-0.25, -0.2) is 0 Å². The molecule has 0 unspecified atom stereocenters. The van der Waals surface area contributed by atoms with Gasteiger partial charge in [0.15, 0.2) is 0 Å². The quantitative estimate of drug-likeness (QED) is 0.789. The fourth-order valence-corrected chi connectivity index (χ4v) is 2.35. The average molecular weight is 227 g/mol. The predicted octanol–water partition coefficient (Wildman–Crippen LogP) is 2.13. The van der Waals surface area contributed by atoms with E-state index in [2.05, 4.69) is 15.5 Å². The second kappa shape index (κ2) is 4.05. The van der Waals surface area contributed by atoms with Crippen molar-refractivity contribution >= 4 is 12.1 Å². The molecule has 0 fully saturated rings. The summed E-state index contributed by atoms with van der Waals surface area (Å²) in [6.45, 7) is 0.